The SMILES string of the molecule is CCCC1CC(=O)NC(n2nc(C)cc2NC(=O)c2snnc2C)N1. The van der Waals surface area contributed by atoms with E-state index in [0.717, 1.165) is 30.1 Å². The van der Waals surface area contributed by atoms with Crippen LogP contribution in [0.5, 0.6) is 0 Å². The van der Waals surface area contributed by atoms with Crippen molar-refractivity contribution in [3.8, 4) is 0 Å². The van der Waals surface area contributed by atoms with Crippen molar-refractivity contribution in [1.82, 2.24) is 30.0 Å². The molecule has 0 bridgehead atoms. The van der Waals surface area contributed by atoms with Gasteiger partial charge in [-0.3, -0.25) is 14.9 Å². The number of carbonyl (C=O) groups excluding carboxylic acids is 2. The van der Waals surface area contributed by atoms with Crippen LogP contribution in [0.15, 0.2) is 6.07 Å². The number of rotatable bonds is 5. The molecule has 1 saturated heterocycles. The largest absolute Gasteiger partial charge is 0.322 e. The Hall–Kier alpha value is -2.33. The van der Waals surface area contributed by atoms with E-state index in [1.165, 1.54) is 0 Å². The number of carbonyl (C=O) groups is 2. The lowest BCUT2D eigenvalue weighted by Gasteiger charge is -2.32. The molecule has 0 radical (unpaired) electrons. The predicted molar refractivity (Wildman–Crippen MR) is 93.2 cm³/mol. The standard InChI is InChI=1S/C15H21N7O2S/c1-4-5-10-7-12(23)18-15(16-10)22-11(6-8(2)20-22)17-14(24)13-9(3)19-21-25-13/h6,10,15-16H,4-5,7H2,1-3H3,(H,17,24)(H,18,23). The molecular formula is C15H21N7O2S. The molecule has 3 heterocycles. The summed E-state index contributed by atoms with van der Waals surface area (Å²) in [7, 11) is 0. The van der Waals surface area contributed by atoms with E-state index in [2.05, 4.69) is 37.6 Å². The smallest absolute Gasteiger partial charge is 0.270 e. The van der Waals surface area contributed by atoms with Crippen molar-refractivity contribution in [3.05, 3.63) is 22.3 Å². The molecule has 1 aliphatic rings. The fourth-order valence-corrected chi connectivity index (χ4v) is 3.40. The Balaban J connectivity index is 1.82. The van der Waals surface area contributed by atoms with E-state index >= 15 is 0 Å². The van der Waals surface area contributed by atoms with Crippen LogP contribution in [0.2, 0.25) is 0 Å². The zero-order valence-corrected chi connectivity index (χ0v) is 15.2. The molecule has 2 atom stereocenters. The Kier molecular flexibility index (Phi) is 5.09. The number of hydrogen-bond donors (Lipinski definition) is 3. The van der Waals surface area contributed by atoms with Crippen molar-refractivity contribution in [2.75, 3.05) is 5.32 Å². The number of nitrogens with one attached hydrogen (secondary N) is 3. The second kappa shape index (κ2) is 7.28. The summed E-state index contributed by atoms with van der Waals surface area (Å²) >= 11 is 1.04. The Morgan fingerprint density at radius 2 is 2.28 bits per heavy atom. The van der Waals surface area contributed by atoms with E-state index in [9.17, 15) is 9.59 Å². The summed E-state index contributed by atoms with van der Waals surface area (Å²) < 4.78 is 5.38. The highest BCUT2D eigenvalue weighted by Crippen LogP contribution is 2.20. The molecule has 1 aliphatic heterocycles. The first-order chi connectivity index (χ1) is 12.0. The number of nitrogens with zero attached hydrogens (tertiary/aromatic N) is 4. The molecule has 2 aromatic heterocycles. The third kappa shape index (κ3) is 3.85. The van der Waals surface area contributed by atoms with Gasteiger partial charge in [0.1, 0.15) is 10.7 Å². The maximum absolute atomic E-state index is 12.4. The van der Waals surface area contributed by atoms with Gasteiger partial charge in [0.2, 0.25) is 5.91 Å². The van der Waals surface area contributed by atoms with Crippen LogP contribution in [0.4, 0.5) is 5.82 Å². The minimum Gasteiger partial charge on any atom is -0.322 e. The lowest BCUT2D eigenvalue weighted by molar-refractivity contribution is -0.125. The van der Waals surface area contributed by atoms with Gasteiger partial charge in [-0.2, -0.15) is 5.10 Å². The van der Waals surface area contributed by atoms with Crippen molar-refractivity contribution in [1.29, 1.82) is 0 Å². The molecule has 9 nitrogen and oxygen atoms in total. The zero-order valence-electron chi connectivity index (χ0n) is 14.4. The second-order valence-electron chi connectivity index (χ2n) is 6.08. The molecule has 0 aliphatic carbocycles. The van der Waals surface area contributed by atoms with Gasteiger partial charge in [-0.1, -0.05) is 17.8 Å². The third-order valence-corrected chi connectivity index (χ3v) is 4.79. The molecule has 1 fully saturated rings. The summed E-state index contributed by atoms with van der Waals surface area (Å²) in [6.07, 6.45) is 1.83. The Bertz CT molecular complexity index is 785. The highest BCUT2D eigenvalue weighted by atomic mass is 32.1. The third-order valence-electron chi connectivity index (χ3n) is 3.96. The molecule has 2 unspecified atom stereocenters. The normalized spacial score (nSPS) is 20.4. The van der Waals surface area contributed by atoms with Crippen LogP contribution in [0.25, 0.3) is 0 Å². The van der Waals surface area contributed by atoms with Crippen molar-refractivity contribution in [3.63, 3.8) is 0 Å². The van der Waals surface area contributed by atoms with Gasteiger partial charge in [-0.05, 0) is 31.8 Å². The molecule has 25 heavy (non-hydrogen) atoms. The molecule has 0 spiro atoms. The summed E-state index contributed by atoms with van der Waals surface area (Å²) in [5.41, 5.74) is 1.32. The fraction of sp³-hybridized carbons (Fsp3) is 0.533. The minimum atomic E-state index is -0.498. The number of aromatic nitrogens is 4. The van der Waals surface area contributed by atoms with Gasteiger partial charge < -0.3 is 10.6 Å². The molecule has 0 saturated carbocycles. The zero-order chi connectivity index (χ0) is 18.0. The van der Waals surface area contributed by atoms with Gasteiger partial charge >= 0.3 is 0 Å². The van der Waals surface area contributed by atoms with Gasteiger partial charge in [0.05, 0.1) is 11.4 Å². The fourth-order valence-electron chi connectivity index (χ4n) is 2.84. The van der Waals surface area contributed by atoms with Crippen LogP contribution < -0.4 is 16.0 Å². The second-order valence-corrected chi connectivity index (χ2v) is 6.84. The predicted octanol–water partition coefficient (Wildman–Crippen LogP) is 1.34. The van der Waals surface area contributed by atoms with E-state index in [1.54, 1.807) is 17.7 Å². The summed E-state index contributed by atoms with van der Waals surface area (Å²) in [4.78, 5) is 24.9. The molecule has 134 valence electrons. The lowest BCUT2D eigenvalue weighted by atomic mass is 10.1. The average molecular weight is 363 g/mol. The molecule has 10 heteroatoms. The summed E-state index contributed by atoms with van der Waals surface area (Å²) in [6.45, 7) is 5.65. The van der Waals surface area contributed by atoms with Crippen molar-refractivity contribution in [2.24, 2.45) is 0 Å². The molecular weight excluding hydrogens is 342 g/mol. The quantitative estimate of drug-likeness (QED) is 0.739. The summed E-state index contributed by atoms with van der Waals surface area (Å²) in [5.74, 6) is 0.182. The number of amides is 2. The van der Waals surface area contributed by atoms with E-state index < -0.39 is 6.29 Å². The Labute approximate surface area is 149 Å². The van der Waals surface area contributed by atoms with Gasteiger partial charge in [0, 0.05) is 18.5 Å². The molecule has 2 amide bonds. The maximum Gasteiger partial charge on any atom is 0.270 e. The van der Waals surface area contributed by atoms with Gasteiger partial charge in [0.25, 0.3) is 5.91 Å². The van der Waals surface area contributed by atoms with Crippen molar-refractivity contribution in [2.45, 2.75) is 52.4 Å². The Morgan fingerprint density at radius 3 is 2.96 bits per heavy atom. The summed E-state index contributed by atoms with van der Waals surface area (Å²) in [6, 6.07) is 1.85. The van der Waals surface area contributed by atoms with Crippen LogP contribution in [0, 0.1) is 13.8 Å². The van der Waals surface area contributed by atoms with Gasteiger partial charge in [-0.25, -0.2) is 4.68 Å². The van der Waals surface area contributed by atoms with Crippen LogP contribution >= 0.6 is 11.5 Å². The van der Waals surface area contributed by atoms with E-state index in [1.807, 2.05) is 6.92 Å². The van der Waals surface area contributed by atoms with Crippen LogP contribution in [0.3, 0.4) is 0 Å². The number of hydrogen-bond acceptors (Lipinski definition) is 7. The van der Waals surface area contributed by atoms with Crippen LogP contribution in [-0.4, -0.2) is 37.2 Å². The Morgan fingerprint density at radius 1 is 1.48 bits per heavy atom. The first kappa shape index (κ1) is 17.5. The first-order valence-corrected chi connectivity index (χ1v) is 8.97. The van der Waals surface area contributed by atoms with Crippen LogP contribution in [0.1, 0.15) is 53.5 Å². The van der Waals surface area contributed by atoms with Gasteiger partial charge in [0.15, 0.2) is 6.29 Å². The molecule has 0 aromatic carbocycles. The van der Waals surface area contributed by atoms with Crippen LogP contribution in [-0.2, 0) is 4.79 Å². The number of aryl methyl sites for hydroxylation is 2. The topological polar surface area (TPSA) is 114 Å². The molecule has 2 aromatic rings. The van der Waals surface area contributed by atoms with E-state index in [-0.39, 0.29) is 17.9 Å². The monoisotopic (exact) mass is 363 g/mol. The highest BCUT2D eigenvalue weighted by Gasteiger charge is 2.28. The molecule has 3 N–H and O–H groups in total. The highest BCUT2D eigenvalue weighted by molar-refractivity contribution is 7.08. The summed E-state index contributed by atoms with van der Waals surface area (Å²) in [5, 5.41) is 17.3. The lowest BCUT2D eigenvalue weighted by Crippen LogP contribution is -2.53. The molecule has 3 rings (SSSR count). The van der Waals surface area contributed by atoms with Gasteiger partial charge in [-0.15, -0.1) is 5.10 Å². The average Bonchev–Trinajstić information content (AvgIpc) is 3.13. The van der Waals surface area contributed by atoms with E-state index in [4.69, 9.17) is 0 Å². The van der Waals surface area contributed by atoms with Crippen molar-refractivity contribution < 1.29 is 9.59 Å². The number of anilines is 1. The first-order valence-electron chi connectivity index (χ1n) is 8.19. The van der Waals surface area contributed by atoms with Crippen molar-refractivity contribution >= 4 is 29.2 Å². The van der Waals surface area contributed by atoms with E-state index in [0.29, 0.717) is 22.8 Å². The maximum atomic E-state index is 12.4. The minimum absolute atomic E-state index is 0.0323.